The minimum absolute atomic E-state index is 0.0730. The molecule has 0 bridgehead atoms. The summed E-state index contributed by atoms with van der Waals surface area (Å²) >= 11 is 0. The maximum absolute atomic E-state index is 13.6. The number of ether oxygens (including phenoxy) is 1. The molecule has 0 N–H and O–H groups in total. The van der Waals surface area contributed by atoms with E-state index in [1.165, 1.54) is 0 Å². The Bertz CT molecular complexity index is 1100. The lowest BCUT2D eigenvalue weighted by molar-refractivity contribution is -0.141. The largest absolute Gasteiger partial charge is 0.496 e. The summed E-state index contributed by atoms with van der Waals surface area (Å²) in [4.78, 5) is 28.1. The first kappa shape index (κ1) is 26.4. The lowest BCUT2D eigenvalue weighted by atomic mass is 9.83. The number of amides is 1. The van der Waals surface area contributed by atoms with Crippen LogP contribution in [0, 0.1) is 18.3 Å². The number of methoxy groups -OCH3 is 1. The second kappa shape index (κ2) is 10.7. The number of hydrogen-bond acceptors (Lipinski definition) is 5. The molecular weight excluding hydrogens is 452 g/mol. The Kier molecular flexibility index (Phi) is 7.86. The second-order valence-corrected chi connectivity index (χ2v) is 11.9. The van der Waals surface area contributed by atoms with Gasteiger partial charge in [-0.15, -0.1) is 10.2 Å². The van der Waals surface area contributed by atoms with E-state index in [-0.39, 0.29) is 29.1 Å². The van der Waals surface area contributed by atoms with E-state index in [2.05, 4.69) is 41.6 Å². The van der Waals surface area contributed by atoms with Gasteiger partial charge in [-0.25, -0.2) is 0 Å². The molecule has 2 aliphatic rings. The van der Waals surface area contributed by atoms with E-state index in [1.807, 2.05) is 26.1 Å². The van der Waals surface area contributed by atoms with Crippen molar-refractivity contribution in [3.63, 3.8) is 0 Å². The minimum atomic E-state index is -0.358. The molecule has 2 aromatic rings. The molecule has 1 amide bonds. The highest BCUT2D eigenvalue weighted by atomic mass is 16.5. The number of rotatable bonds is 10. The number of aryl methyl sites for hydroxylation is 3. The van der Waals surface area contributed by atoms with Crippen LogP contribution in [0.3, 0.4) is 0 Å². The molecule has 1 saturated carbocycles. The van der Waals surface area contributed by atoms with Crippen molar-refractivity contribution in [2.24, 2.45) is 11.3 Å². The van der Waals surface area contributed by atoms with Crippen molar-refractivity contribution in [1.29, 1.82) is 0 Å². The van der Waals surface area contributed by atoms with Crippen LogP contribution in [0.4, 0.5) is 0 Å². The van der Waals surface area contributed by atoms with Crippen LogP contribution in [-0.2, 0) is 22.4 Å². The average molecular weight is 495 g/mol. The van der Waals surface area contributed by atoms with Gasteiger partial charge in [-0.1, -0.05) is 32.9 Å². The van der Waals surface area contributed by atoms with Gasteiger partial charge < -0.3 is 14.2 Å². The Morgan fingerprint density at radius 3 is 2.56 bits per heavy atom. The Balaban J connectivity index is 1.56. The van der Waals surface area contributed by atoms with E-state index < -0.39 is 0 Å². The van der Waals surface area contributed by atoms with Crippen LogP contribution in [0.5, 0.6) is 5.75 Å². The van der Waals surface area contributed by atoms with Crippen LogP contribution in [0.25, 0.3) is 0 Å². The number of aromatic nitrogens is 3. The van der Waals surface area contributed by atoms with Crippen LogP contribution < -0.4 is 4.74 Å². The molecule has 1 aliphatic carbocycles. The van der Waals surface area contributed by atoms with Gasteiger partial charge in [0.1, 0.15) is 23.4 Å². The fourth-order valence-electron chi connectivity index (χ4n) is 5.45. The SMILES string of the molecule is COc1cc(C)ccc1CCC(=O)[C@H]1CCC(=O)N(C)[C@@H]1c1nnc(CCCC(C)(C)C)n1C1CC1. The summed E-state index contributed by atoms with van der Waals surface area (Å²) < 4.78 is 7.81. The highest BCUT2D eigenvalue weighted by Crippen LogP contribution is 2.43. The van der Waals surface area contributed by atoms with E-state index in [0.29, 0.717) is 31.7 Å². The first-order valence-electron chi connectivity index (χ1n) is 13.4. The Hall–Kier alpha value is -2.70. The number of carbonyl (C=O) groups is 2. The molecule has 7 nitrogen and oxygen atoms in total. The molecule has 1 aromatic heterocycles. The van der Waals surface area contributed by atoms with Gasteiger partial charge in [0.25, 0.3) is 0 Å². The number of likely N-dealkylation sites (tertiary alicyclic amines) is 1. The molecule has 2 heterocycles. The summed E-state index contributed by atoms with van der Waals surface area (Å²) in [6, 6.07) is 6.14. The second-order valence-electron chi connectivity index (χ2n) is 11.9. The monoisotopic (exact) mass is 494 g/mol. The number of Topliss-reactive ketones (excluding diaryl/α,β-unsaturated/α-hetero) is 1. The predicted octanol–water partition coefficient (Wildman–Crippen LogP) is 5.41. The van der Waals surface area contributed by atoms with Gasteiger partial charge in [0.05, 0.1) is 7.11 Å². The van der Waals surface area contributed by atoms with Crippen LogP contribution in [0.2, 0.25) is 0 Å². The van der Waals surface area contributed by atoms with Crippen molar-refractivity contribution in [3.8, 4) is 5.75 Å². The quantitative estimate of drug-likeness (QED) is 0.441. The average Bonchev–Trinajstić information content (AvgIpc) is 3.58. The third-order valence-corrected chi connectivity index (χ3v) is 7.65. The van der Waals surface area contributed by atoms with Crippen LogP contribution in [0.1, 0.15) is 101 Å². The summed E-state index contributed by atoms with van der Waals surface area (Å²) in [6.07, 6.45) is 7.24. The number of nitrogens with zero attached hydrogens (tertiary/aromatic N) is 4. The number of benzene rings is 1. The van der Waals surface area contributed by atoms with Crippen molar-refractivity contribution in [1.82, 2.24) is 19.7 Å². The molecule has 7 heteroatoms. The maximum atomic E-state index is 13.6. The fraction of sp³-hybridized carbons (Fsp3) is 0.655. The highest BCUT2D eigenvalue weighted by molar-refractivity contribution is 5.86. The number of carbonyl (C=O) groups excluding carboxylic acids is 2. The van der Waals surface area contributed by atoms with Crippen LogP contribution >= 0.6 is 0 Å². The van der Waals surface area contributed by atoms with Crippen molar-refractivity contribution >= 4 is 11.7 Å². The third-order valence-electron chi connectivity index (χ3n) is 7.65. The van der Waals surface area contributed by atoms with Crippen molar-refractivity contribution in [2.75, 3.05) is 14.2 Å². The lowest BCUT2D eigenvalue weighted by Crippen LogP contribution is -2.44. The molecule has 1 aromatic carbocycles. The Labute approximate surface area is 215 Å². The van der Waals surface area contributed by atoms with Crippen molar-refractivity contribution in [2.45, 2.75) is 97.6 Å². The molecule has 196 valence electrons. The van der Waals surface area contributed by atoms with Gasteiger partial charge in [0.15, 0.2) is 5.82 Å². The third kappa shape index (κ3) is 5.98. The van der Waals surface area contributed by atoms with Crippen molar-refractivity contribution in [3.05, 3.63) is 41.0 Å². The van der Waals surface area contributed by atoms with E-state index in [4.69, 9.17) is 4.74 Å². The Morgan fingerprint density at radius 2 is 1.89 bits per heavy atom. The first-order valence-corrected chi connectivity index (χ1v) is 13.4. The summed E-state index contributed by atoms with van der Waals surface area (Å²) in [6.45, 7) is 8.81. The Morgan fingerprint density at radius 1 is 1.14 bits per heavy atom. The van der Waals surface area contributed by atoms with E-state index in [1.54, 1.807) is 12.0 Å². The molecule has 2 atom stereocenters. The zero-order chi connectivity index (χ0) is 26.0. The molecule has 36 heavy (non-hydrogen) atoms. The molecule has 1 saturated heterocycles. The van der Waals surface area contributed by atoms with Crippen LogP contribution in [0.15, 0.2) is 18.2 Å². The van der Waals surface area contributed by atoms with Crippen LogP contribution in [-0.4, -0.2) is 45.5 Å². The predicted molar refractivity (Wildman–Crippen MR) is 140 cm³/mol. The summed E-state index contributed by atoms with van der Waals surface area (Å²) in [7, 11) is 3.49. The number of piperidine rings is 1. The molecule has 1 aliphatic heterocycles. The highest BCUT2D eigenvalue weighted by Gasteiger charge is 2.43. The zero-order valence-electron chi connectivity index (χ0n) is 22.8. The van der Waals surface area contributed by atoms with E-state index in [9.17, 15) is 9.59 Å². The van der Waals surface area contributed by atoms with Gasteiger partial charge in [-0.2, -0.15) is 0 Å². The summed E-state index contributed by atoms with van der Waals surface area (Å²) in [5.74, 6) is 2.60. The first-order chi connectivity index (χ1) is 17.1. The topological polar surface area (TPSA) is 77.3 Å². The van der Waals surface area contributed by atoms with Crippen molar-refractivity contribution < 1.29 is 14.3 Å². The minimum Gasteiger partial charge on any atom is -0.496 e. The number of hydrogen-bond donors (Lipinski definition) is 0. The molecule has 2 fully saturated rings. The molecule has 0 radical (unpaired) electrons. The van der Waals surface area contributed by atoms with Gasteiger partial charge in [-0.05, 0) is 68.1 Å². The lowest BCUT2D eigenvalue weighted by Gasteiger charge is -2.38. The normalized spacial score (nSPS) is 20.6. The van der Waals surface area contributed by atoms with E-state index >= 15 is 0 Å². The number of ketones is 1. The van der Waals surface area contributed by atoms with Gasteiger partial charge in [0.2, 0.25) is 5.91 Å². The van der Waals surface area contributed by atoms with Gasteiger partial charge in [0, 0.05) is 38.3 Å². The standard InChI is InChI=1S/C29H42N4O3/c1-19-9-10-20(24(18-19)36-6)11-15-23(34)22-14-16-26(35)32(5)27(22)28-31-30-25(33(28)21-12-13-21)8-7-17-29(2,3)4/h9-10,18,21-22,27H,7-8,11-17H2,1-6H3/t22-,27+/m1/s1. The maximum Gasteiger partial charge on any atom is 0.222 e. The summed E-state index contributed by atoms with van der Waals surface area (Å²) in [5.41, 5.74) is 2.45. The zero-order valence-corrected chi connectivity index (χ0v) is 22.8. The molecule has 0 unspecified atom stereocenters. The molecule has 4 rings (SSSR count). The van der Waals surface area contributed by atoms with Gasteiger partial charge in [-0.3, -0.25) is 9.59 Å². The molecular formula is C29H42N4O3. The smallest absolute Gasteiger partial charge is 0.222 e. The fourth-order valence-corrected chi connectivity index (χ4v) is 5.45. The molecule has 0 spiro atoms. The van der Waals surface area contributed by atoms with E-state index in [0.717, 1.165) is 60.6 Å². The summed E-state index contributed by atoms with van der Waals surface area (Å²) in [5, 5.41) is 9.23. The van der Waals surface area contributed by atoms with Gasteiger partial charge >= 0.3 is 0 Å².